The van der Waals surface area contributed by atoms with Gasteiger partial charge in [-0.1, -0.05) is 0 Å². The van der Waals surface area contributed by atoms with Crippen LogP contribution in [-0.4, -0.2) is 29.3 Å². The van der Waals surface area contributed by atoms with Gasteiger partial charge in [-0.2, -0.15) is 0 Å². The molecule has 1 amide bonds. The second-order valence-electron chi connectivity index (χ2n) is 4.68. The summed E-state index contributed by atoms with van der Waals surface area (Å²) in [5, 5.41) is 7.87. The average Bonchev–Trinajstić information content (AvgIpc) is 2.46. The summed E-state index contributed by atoms with van der Waals surface area (Å²) in [7, 11) is 1.73. The first-order chi connectivity index (χ1) is 9.56. The molecular formula is C14H14N4O2. The number of ether oxygens (including phenoxy) is 1. The standard InChI is InChI=1S/C14H14N4O2/c1-8-14(19)18(2)11-7-9(3-5-12(11)20-8)10-4-6-13(15)17-16-10/h3-8H,1-2H3,(H2,15,17). The lowest BCUT2D eigenvalue weighted by Gasteiger charge is -2.30. The van der Waals surface area contributed by atoms with Gasteiger partial charge in [-0.25, -0.2) is 0 Å². The Labute approximate surface area is 116 Å². The van der Waals surface area contributed by atoms with Crippen LogP contribution in [0.4, 0.5) is 11.5 Å². The van der Waals surface area contributed by atoms with Crippen molar-refractivity contribution in [3.05, 3.63) is 30.3 Å². The molecule has 20 heavy (non-hydrogen) atoms. The molecule has 1 atom stereocenters. The highest BCUT2D eigenvalue weighted by molar-refractivity contribution is 5.99. The van der Waals surface area contributed by atoms with E-state index < -0.39 is 6.10 Å². The van der Waals surface area contributed by atoms with Crippen LogP contribution < -0.4 is 15.4 Å². The van der Waals surface area contributed by atoms with Gasteiger partial charge >= 0.3 is 0 Å². The molecule has 102 valence electrons. The molecule has 6 heteroatoms. The van der Waals surface area contributed by atoms with Gasteiger partial charge in [0.25, 0.3) is 5.91 Å². The SMILES string of the molecule is CC1Oc2ccc(-c3ccc(N)nn3)cc2N(C)C1=O. The zero-order valence-corrected chi connectivity index (χ0v) is 11.2. The number of nitrogens with zero attached hydrogens (tertiary/aromatic N) is 3. The Kier molecular flexibility index (Phi) is 2.78. The van der Waals surface area contributed by atoms with E-state index in [-0.39, 0.29) is 5.91 Å². The number of amides is 1. The smallest absolute Gasteiger partial charge is 0.267 e. The maximum absolute atomic E-state index is 11.9. The first kappa shape index (κ1) is 12.4. The molecule has 1 aromatic carbocycles. The second kappa shape index (κ2) is 4.48. The Hall–Kier alpha value is -2.63. The third kappa shape index (κ3) is 1.95. The first-order valence-electron chi connectivity index (χ1n) is 6.24. The lowest BCUT2D eigenvalue weighted by molar-refractivity contribution is -0.125. The Morgan fingerprint density at radius 2 is 2.05 bits per heavy atom. The molecule has 0 saturated heterocycles. The van der Waals surface area contributed by atoms with Crippen LogP contribution in [0.2, 0.25) is 0 Å². The molecule has 0 saturated carbocycles. The largest absolute Gasteiger partial charge is 0.479 e. The molecule has 0 aliphatic carbocycles. The van der Waals surface area contributed by atoms with Crippen molar-refractivity contribution in [2.45, 2.75) is 13.0 Å². The van der Waals surface area contributed by atoms with E-state index in [0.717, 1.165) is 11.3 Å². The lowest BCUT2D eigenvalue weighted by Crippen LogP contribution is -2.41. The van der Waals surface area contributed by atoms with E-state index in [1.807, 2.05) is 18.2 Å². The van der Waals surface area contributed by atoms with Crippen molar-refractivity contribution in [2.24, 2.45) is 0 Å². The number of hydrogen-bond donors (Lipinski definition) is 1. The lowest BCUT2D eigenvalue weighted by atomic mass is 10.1. The van der Waals surface area contributed by atoms with E-state index in [9.17, 15) is 4.79 Å². The molecule has 1 unspecified atom stereocenters. The number of likely N-dealkylation sites (N-methyl/N-ethyl adjacent to an activating group) is 1. The van der Waals surface area contributed by atoms with E-state index in [1.54, 1.807) is 31.0 Å². The summed E-state index contributed by atoms with van der Waals surface area (Å²) in [5.74, 6) is 0.987. The monoisotopic (exact) mass is 270 g/mol. The molecule has 2 aromatic rings. The fourth-order valence-electron chi connectivity index (χ4n) is 2.17. The molecule has 1 aliphatic heterocycles. The number of fused-ring (bicyclic) bond motifs is 1. The average molecular weight is 270 g/mol. The van der Waals surface area contributed by atoms with Gasteiger partial charge in [-0.3, -0.25) is 4.79 Å². The molecular weight excluding hydrogens is 256 g/mol. The van der Waals surface area contributed by atoms with Gasteiger partial charge < -0.3 is 15.4 Å². The first-order valence-corrected chi connectivity index (χ1v) is 6.24. The van der Waals surface area contributed by atoms with Gasteiger partial charge in [0.1, 0.15) is 11.6 Å². The van der Waals surface area contributed by atoms with Gasteiger partial charge in [0, 0.05) is 12.6 Å². The summed E-state index contributed by atoms with van der Waals surface area (Å²) in [4.78, 5) is 13.5. The maximum Gasteiger partial charge on any atom is 0.267 e. The Morgan fingerprint density at radius 1 is 1.25 bits per heavy atom. The quantitative estimate of drug-likeness (QED) is 0.848. The molecule has 0 spiro atoms. The van der Waals surface area contributed by atoms with Crippen LogP contribution >= 0.6 is 0 Å². The molecule has 0 fully saturated rings. The zero-order valence-electron chi connectivity index (χ0n) is 11.2. The van der Waals surface area contributed by atoms with Gasteiger partial charge in [0.2, 0.25) is 0 Å². The van der Waals surface area contributed by atoms with Crippen LogP contribution in [0.3, 0.4) is 0 Å². The highest BCUT2D eigenvalue weighted by Crippen LogP contribution is 2.36. The van der Waals surface area contributed by atoms with Crippen molar-refractivity contribution >= 4 is 17.4 Å². The Bertz CT molecular complexity index is 669. The summed E-state index contributed by atoms with van der Waals surface area (Å²) < 4.78 is 5.58. The molecule has 0 bridgehead atoms. The van der Waals surface area contributed by atoms with Gasteiger partial charge in [-0.15, -0.1) is 10.2 Å². The van der Waals surface area contributed by atoms with Crippen molar-refractivity contribution in [3.63, 3.8) is 0 Å². The number of hydrogen-bond acceptors (Lipinski definition) is 5. The number of benzene rings is 1. The number of nitrogens with two attached hydrogens (primary N) is 1. The minimum absolute atomic E-state index is 0.0713. The Balaban J connectivity index is 2.05. The van der Waals surface area contributed by atoms with Crippen molar-refractivity contribution < 1.29 is 9.53 Å². The molecule has 6 nitrogen and oxygen atoms in total. The highest BCUT2D eigenvalue weighted by atomic mass is 16.5. The van der Waals surface area contributed by atoms with E-state index in [2.05, 4.69) is 10.2 Å². The molecule has 0 radical (unpaired) electrons. The van der Waals surface area contributed by atoms with Crippen LogP contribution in [0, 0.1) is 0 Å². The zero-order chi connectivity index (χ0) is 14.3. The summed E-state index contributed by atoms with van der Waals surface area (Å²) in [6.45, 7) is 1.74. The minimum atomic E-state index is -0.463. The van der Waals surface area contributed by atoms with Crippen LogP contribution in [0.5, 0.6) is 5.75 Å². The molecule has 1 aliphatic rings. The van der Waals surface area contributed by atoms with Crippen LogP contribution in [0.1, 0.15) is 6.92 Å². The van der Waals surface area contributed by atoms with Gasteiger partial charge in [0.15, 0.2) is 6.10 Å². The second-order valence-corrected chi connectivity index (χ2v) is 4.68. The summed E-state index contributed by atoms with van der Waals surface area (Å²) in [5.41, 5.74) is 7.80. The Morgan fingerprint density at radius 3 is 2.75 bits per heavy atom. The third-order valence-corrected chi connectivity index (χ3v) is 3.28. The number of anilines is 2. The minimum Gasteiger partial charge on any atom is -0.479 e. The number of rotatable bonds is 1. The number of nitrogen functional groups attached to an aromatic ring is 1. The number of carbonyl (C=O) groups is 1. The molecule has 3 rings (SSSR count). The predicted molar refractivity (Wildman–Crippen MR) is 75.4 cm³/mol. The number of carbonyl (C=O) groups excluding carboxylic acids is 1. The topological polar surface area (TPSA) is 81.3 Å². The van der Waals surface area contributed by atoms with Crippen LogP contribution in [0.25, 0.3) is 11.3 Å². The number of aromatic nitrogens is 2. The van der Waals surface area contributed by atoms with Crippen molar-refractivity contribution in [3.8, 4) is 17.0 Å². The van der Waals surface area contributed by atoms with Crippen molar-refractivity contribution in [1.29, 1.82) is 0 Å². The molecule has 2 heterocycles. The van der Waals surface area contributed by atoms with Crippen molar-refractivity contribution in [1.82, 2.24) is 10.2 Å². The molecule has 2 N–H and O–H groups in total. The fraction of sp³-hybridized carbons (Fsp3) is 0.214. The van der Waals surface area contributed by atoms with Gasteiger partial charge in [-0.05, 0) is 37.3 Å². The van der Waals surface area contributed by atoms with Gasteiger partial charge in [0.05, 0.1) is 11.4 Å². The fourth-order valence-corrected chi connectivity index (χ4v) is 2.17. The third-order valence-electron chi connectivity index (χ3n) is 3.28. The van der Waals surface area contributed by atoms with E-state index in [1.165, 1.54) is 0 Å². The van der Waals surface area contributed by atoms with E-state index in [4.69, 9.17) is 10.5 Å². The molecule has 1 aromatic heterocycles. The highest BCUT2D eigenvalue weighted by Gasteiger charge is 2.29. The van der Waals surface area contributed by atoms with E-state index >= 15 is 0 Å². The summed E-state index contributed by atoms with van der Waals surface area (Å²) >= 11 is 0. The van der Waals surface area contributed by atoms with E-state index in [0.29, 0.717) is 17.3 Å². The summed E-state index contributed by atoms with van der Waals surface area (Å²) in [6, 6.07) is 9.06. The predicted octanol–water partition coefficient (Wildman–Crippen LogP) is 1.47. The summed E-state index contributed by atoms with van der Waals surface area (Å²) in [6.07, 6.45) is -0.463. The van der Waals surface area contributed by atoms with Crippen LogP contribution in [-0.2, 0) is 4.79 Å². The van der Waals surface area contributed by atoms with Crippen molar-refractivity contribution in [2.75, 3.05) is 17.7 Å². The van der Waals surface area contributed by atoms with Crippen LogP contribution in [0.15, 0.2) is 30.3 Å². The normalized spacial score (nSPS) is 17.6. The maximum atomic E-state index is 11.9.